The minimum atomic E-state index is 0.150. The van der Waals surface area contributed by atoms with E-state index in [2.05, 4.69) is 34.3 Å². The van der Waals surface area contributed by atoms with Crippen LogP contribution in [0, 0.1) is 5.92 Å². The first-order valence-corrected chi connectivity index (χ1v) is 9.85. The van der Waals surface area contributed by atoms with Crippen LogP contribution in [0.2, 0.25) is 0 Å². The average Bonchev–Trinajstić information content (AvgIpc) is 3.27. The highest BCUT2D eigenvalue weighted by Gasteiger charge is 2.33. The van der Waals surface area contributed by atoms with E-state index < -0.39 is 0 Å². The van der Waals surface area contributed by atoms with Crippen molar-refractivity contribution < 1.29 is 9.32 Å². The van der Waals surface area contributed by atoms with Crippen LogP contribution in [0.5, 0.6) is 0 Å². The number of hydrogen-bond donors (Lipinski definition) is 0. The molecule has 0 N–H and O–H groups in total. The molecule has 1 saturated heterocycles. The first kappa shape index (κ1) is 16.1. The number of carbonyl (C=O) groups excluding carboxylic acids is 1. The molecule has 0 atom stereocenters. The van der Waals surface area contributed by atoms with Crippen LogP contribution in [-0.4, -0.2) is 35.6 Å². The molecule has 5 heteroatoms. The minimum Gasteiger partial charge on any atom is -0.361 e. The second kappa shape index (κ2) is 6.54. The van der Waals surface area contributed by atoms with E-state index in [1.165, 1.54) is 18.4 Å². The number of benzene rings is 1. The van der Waals surface area contributed by atoms with Gasteiger partial charge in [0.1, 0.15) is 5.76 Å². The van der Waals surface area contributed by atoms with Crippen molar-refractivity contribution in [3.63, 3.8) is 0 Å². The van der Waals surface area contributed by atoms with E-state index in [0.29, 0.717) is 11.8 Å². The van der Waals surface area contributed by atoms with Gasteiger partial charge >= 0.3 is 0 Å². The molecule has 1 aromatic carbocycles. The summed E-state index contributed by atoms with van der Waals surface area (Å²) in [4.78, 5) is 17.4. The molecular formula is C21H25N3O2. The molecule has 2 fully saturated rings. The number of fused-ring (bicyclic) bond motifs is 1. The third-order valence-corrected chi connectivity index (χ3v) is 6.03. The van der Waals surface area contributed by atoms with Crippen LogP contribution in [0.3, 0.4) is 0 Å². The number of carbonyl (C=O) groups is 1. The summed E-state index contributed by atoms with van der Waals surface area (Å²) in [6.45, 7) is 3.58. The number of nitrogens with zero attached hydrogens (tertiary/aromatic N) is 3. The molecule has 3 heterocycles. The number of hydrogen-bond acceptors (Lipinski definition) is 4. The number of piperidine rings is 1. The van der Waals surface area contributed by atoms with Crippen molar-refractivity contribution in [1.82, 2.24) is 10.1 Å². The SMILES string of the molecule is O=C(C1CCN(Cc2cc(C3CC3)on2)CC1)N1CCc2ccccc21. The monoisotopic (exact) mass is 351 g/mol. The lowest BCUT2D eigenvalue weighted by Crippen LogP contribution is -2.42. The number of rotatable bonds is 4. The van der Waals surface area contributed by atoms with Gasteiger partial charge in [0.15, 0.2) is 0 Å². The molecule has 0 unspecified atom stereocenters. The zero-order valence-electron chi connectivity index (χ0n) is 15.1. The third kappa shape index (κ3) is 3.05. The van der Waals surface area contributed by atoms with Crippen LogP contribution in [0.1, 0.15) is 48.6 Å². The smallest absolute Gasteiger partial charge is 0.230 e. The molecular weight excluding hydrogens is 326 g/mol. The highest BCUT2D eigenvalue weighted by molar-refractivity contribution is 5.97. The summed E-state index contributed by atoms with van der Waals surface area (Å²) in [6, 6.07) is 10.4. The fourth-order valence-electron chi connectivity index (χ4n) is 4.32. The van der Waals surface area contributed by atoms with E-state index in [4.69, 9.17) is 4.52 Å². The van der Waals surface area contributed by atoms with Gasteiger partial charge in [0.2, 0.25) is 5.91 Å². The minimum absolute atomic E-state index is 0.150. The first-order chi connectivity index (χ1) is 12.8. The summed E-state index contributed by atoms with van der Waals surface area (Å²) in [6.07, 6.45) is 5.33. The van der Waals surface area contributed by atoms with E-state index >= 15 is 0 Å². The van der Waals surface area contributed by atoms with Crippen molar-refractivity contribution in [1.29, 1.82) is 0 Å². The summed E-state index contributed by atoms with van der Waals surface area (Å²) in [5.74, 6) is 2.13. The predicted molar refractivity (Wildman–Crippen MR) is 99.0 cm³/mol. The van der Waals surface area contributed by atoms with Crippen molar-refractivity contribution in [2.24, 2.45) is 5.92 Å². The lowest BCUT2D eigenvalue weighted by molar-refractivity contribution is -0.123. The fraction of sp³-hybridized carbons (Fsp3) is 0.524. The Kier molecular flexibility index (Phi) is 4.04. The molecule has 5 nitrogen and oxygen atoms in total. The maximum atomic E-state index is 13.0. The molecule has 136 valence electrons. The highest BCUT2D eigenvalue weighted by Crippen LogP contribution is 2.40. The number of anilines is 1. The molecule has 0 bridgehead atoms. The van der Waals surface area contributed by atoms with Crippen molar-refractivity contribution >= 4 is 11.6 Å². The number of para-hydroxylation sites is 1. The van der Waals surface area contributed by atoms with Crippen molar-refractivity contribution in [2.45, 2.75) is 44.6 Å². The Hall–Kier alpha value is -2.14. The van der Waals surface area contributed by atoms with Crippen molar-refractivity contribution in [3.8, 4) is 0 Å². The van der Waals surface area contributed by atoms with Gasteiger partial charge in [-0.25, -0.2) is 0 Å². The van der Waals surface area contributed by atoms with Gasteiger partial charge in [-0.3, -0.25) is 9.69 Å². The Morgan fingerprint density at radius 2 is 1.92 bits per heavy atom. The summed E-state index contributed by atoms with van der Waals surface area (Å²) < 4.78 is 5.45. The molecule has 26 heavy (non-hydrogen) atoms. The zero-order chi connectivity index (χ0) is 17.5. The van der Waals surface area contributed by atoms with Crippen LogP contribution in [-0.2, 0) is 17.8 Å². The Morgan fingerprint density at radius 3 is 2.73 bits per heavy atom. The van der Waals surface area contributed by atoms with Gasteiger partial charge in [-0.05, 0) is 56.8 Å². The molecule has 3 aliphatic rings. The first-order valence-electron chi connectivity index (χ1n) is 9.85. The Balaban J connectivity index is 1.17. The molecule has 5 rings (SSSR count). The van der Waals surface area contributed by atoms with Crippen molar-refractivity contribution in [2.75, 3.05) is 24.5 Å². The second-order valence-electron chi connectivity index (χ2n) is 7.91. The van der Waals surface area contributed by atoms with E-state index in [9.17, 15) is 4.79 Å². The van der Waals surface area contributed by atoms with Gasteiger partial charge in [0.05, 0.1) is 5.69 Å². The van der Waals surface area contributed by atoms with Crippen LogP contribution >= 0.6 is 0 Å². The summed E-state index contributed by atoms with van der Waals surface area (Å²) in [7, 11) is 0. The van der Waals surface area contributed by atoms with Gasteiger partial charge in [0.25, 0.3) is 0 Å². The van der Waals surface area contributed by atoms with Crippen LogP contribution in [0.25, 0.3) is 0 Å². The molecule has 1 aromatic heterocycles. The van der Waals surface area contributed by atoms with Crippen LogP contribution in [0.4, 0.5) is 5.69 Å². The van der Waals surface area contributed by atoms with Gasteiger partial charge in [0, 0.05) is 36.7 Å². The lowest BCUT2D eigenvalue weighted by Gasteiger charge is -2.32. The lowest BCUT2D eigenvalue weighted by atomic mass is 9.95. The van der Waals surface area contributed by atoms with Crippen molar-refractivity contribution in [3.05, 3.63) is 47.3 Å². The van der Waals surface area contributed by atoms with Gasteiger partial charge in [-0.2, -0.15) is 0 Å². The zero-order valence-corrected chi connectivity index (χ0v) is 15.1. The largest absolute Gasteiger partial charge is 0.361 e. The molecule has 2 aromatic rings. The van der Waals surface area contributed by atoms with Gasteiger partial charge < -0.3 is 9.42 Å². The van der Waals surface area contributed by atoms with Crippen LogP contribution in [0.15, 0.2) is 34.9 Å². The predicted octanol–water partition coefficient (Wildman–Crippen LogP) is 3.35. The fourth-order valence-corrected chi connectivity index (χ4v) is 4.32. The molecule has 1 saturated carbocycles. The number of likely N-dealkylation sites (tertiary alicyclic amines) is 1. The second-order valence-corrected chi connectivity index (χ2v) is 7.91. The van der Waals surface area contributed by atoms with Crippen LogP contribution < -0.4 is 4.90 Å². The van der Waals surface area contributed by atoms with E-state index in [1.807, 2.05) is 11.0 Å². The maximum absolute atomic E-state index is 13.0. The Labute approximate surface area is 153 Å². The van der Waals surface area contributed by atoms with Gasteiger partial charge in [-0.1, -0.05) is 23.4 Å². The normalized spacial score (nSPS) is 21.2. The molecule has 0 radical (unpaired) electrons. The standard InChI is InChI=1S/C21H25N3O2/c25-21(24-12-9-15-3-1-2-4-19(15)24)17-7-10-23(11-8-17)14-18-13-20(26-22-18)16-5-6-16/h1-4,13,16-17H,5-12,14H2. The summed E-state index contributed by atoms with van der Waals surface area (Å²) >= 11 is 0. The molecule has 2 aliphatic heterocycles. The summed E-state index contributed by atoms with van der Waals surface area (Å²) in [5.41, 5.74) is 3.45. The molecule has 0 spiro atoms. The Morgan fingerprint density at radius 1 is 1.12 bits per heavy atom. The molecule has 1 amide bonds. The average molecular weight is 351 g/mol. The highest BCUT2D eigenvalue weighted by atomic mass is 16.5. The quantitative estimate of drug-likeness (QED) is 0.848. The number of aromatic nitrogens is 1. The Bertz CT molecular complexity index is 803. The number of amides is 1. The van der Waals surface area contributed by atoms with Gasteiger partial charge in [-0.15, -0.1) is 0 Å². The van der Waals surface area contributed by atoms with E-state index in [-0.39, 0.29) is 5.92 Å². The molecule has 1 aliphatic carbocycles. The third-order valence-electron chi connectivity index (χ3n) is 6.03. The van der Waals surface area contributed by atoms with E-state index in [1.54, 1.807) is 0 Å². The summed E-state index contributed by atoms with van der Waals surface area (Å²) in [5, 5.41) is 4.22. The topological polar surface area (TPSA) is 49.6 Å². The van der Waals surface area contributed by atoms with E-state index in [0.717, 1.165) is 62.6 Å². The maximum Gasteiger partial charge on any atom is 0.230 e.